The van der Waals surface area contributed by atoms with E-state index in [0.717, 1.165) is 0 Å². The van der Waals surface area contributed by atoms with Crippen molar-refractivity contribution in [2.45, 2.75) is 18.5 Å². The molecule has 4 N–H and O–H groups in total. The highest BCUT2D eigenvalue weighted by Crippen LogP contribution is 2.31. The van der Waals surface area contributed by atoms with E-state index in [-0.39, 0.29) is 5.76 Å². The zero-order chi connectivity index (χ0) is 17.1. The maximum Gasteiger partial charge on any atom is 0.322 e. The molecule has 122 valence electrons. The van der Waals surface area contributed by atoms with E-state index in [1.807, 2.05) is 0 Å². The standard InChI is InChI=1S/C15H12N4O5/c1-15(12(21)18-14(23)19-15)7-2-3-8-6(4-7)5-9(24-8)10-11(20)17-13(22)16-10/h2-5,10H,1H3,(H2,16,17,20,22)(H2,18,19,21,23). The van der Waals surface area contributed by atoms with Crippen molar-refractivity contribution in [3.05, 3.63) is 35.6 Å². The number of urea groups is 2. The number of hydrogen-bond acceptors (Lipinski definition) is 5. The van der Waals surface area contributed by atoms with E-state index in [1.165, 1.54) is 0 Å². The summed E-state index contributed by atoms with van der Waals surface area (Å²) >= 11 is 0. The van der Waals surface area contributed by atoms with E-state index in [0.29, 0.717) is 16.5 Å². The van der Waals surface area contributed by atoms with Crippen LogP contribution in [0, 0.1) is 0 Å². The van der Waals surface area contributed by atoms with Crippen molar-refractivity contribution in [2.24, 2.45) is 0 Å². The minimum Gasteiger partial charge on any atom is -0.458 e. The van der Waals surface area contributed by atoms with Crippen molar-refractivity contribution in [1.82, 2.24) is 21.3 Å². The number of carbonyl (C=O) groups excluding carboxylic acids is 4. The first-order chi connectivity index (χ1) is 11.4. The summed E-state index contributed by atoms with van der Waals surface area (Å²) in [6, 6.07) is 4.60. The molecule has 2 saturated heterocycles. The number of benzene rings is 1. The quantitative estimate of drug-likeness (QED) is 0.592. The number of furan rings is 1. The lowest BCUT2D eigenvalue weighted by Crippen LogP contribution is -2.40. The Morgan fingerprint density at radius 2 is 1.83 bits per heavy atom. The summed E-state index contributed by atoms with van der Waals surface area (Å²) in [6.45, 7) is 1.60. The van der Waals surface area contributed by atoms with Crippen LogP contribution in [0.4, 0.5) is 9.59 Å². The van der Waals surface area contributed by atoms with Crippen LogP contribution < -0.4 is 21.3 Å². The number of fused-ring (bicyclic) bond motifs is 1. The predicted molar refractivity (Wildman–Crippen MR) is 79.7 cm³/mol. The topological polar surface area (TPSA) is 130 Å². The van der Waals surface area contributed by atoms with Gasteiger partial charge in [0.2, 0.25) is 0 Å². The lowest BCUT2D eigenvalue weighted by molar-refractivity contribution is -0.123. The molecular weight excluding hydrogens is 316 g/mol. The van der Waals surface area contributed by atoms with Gasteiger partial charge in [-0.3, -0.25) is 20.2 Å². The minimum absolute atomic E-state index is 0.288. The number of carbonyl (C=O) groups is 4. The average molecular weight is 328 g/mol. The van der Waals surface area contributed by atoms with E-state index in [9.17, 15) is 19.2 Å². The molecule has 2 unspecified atom stereocenters. The van der Waals surface area contributed by atoms with Crippen molar-refractivity contribution in [3.63, 3.8) is 0 Å². The first-order valence-corrected chi connectivity index (χ1v) is 7.16. The maximum atomic E-state index is 12.0. The molecule has 6 amide bonds. The van der Waals surface area contributed by atoms with Crippen LogP contribution in [0.15, 0.2) is 28.7 Å². The molecule has 0 spiro atoms. The highest BCUT2D eigenvalue weighted by molar-refractivity contribution is 6.07. The fourth-order valence-electron chi connectivity index (χ4n) is 2.88. The molecule has 0 radical (unpaired) electrons. The van der Waals surface area contributed by atoms with Gasteiger partial charge in [0.05, 0.1) is 0 Å². The zero-order valence-electron chi connectivity index (χ0n) is 12.4. The second-order valence-electron chi connectivity index (χ2n) is 5.83. The van der Waals surface area contributed by atoms with E-state index in [1.54, 1.807) is 31.2 Å². The summed E-state index contributed by atoms with van der Waals surface area (Å²) in [5.74, 6) is -0.651. The Balaban J connectivity index is 1.74. The lowest BCUT2D eigenvalue weighted by Gasteiger charge is -2.20. The monoisotopic (exact) mass is 328 g/mol. The molecule has 2 aliphatic heterocycles. The molecule has 2 fully saturated rings. The van der Waals surface area contributed by atoms with Gasteiger partial charge in [-0.2, -0.15) is 0 Å². The first-order valence-electron chi connectivity index (χ1n) is 7.16. The predicted octanol–water partition coefficient (Wildman–Crippen LogP) is 0.368. The molecule has 24 heavy (non-hydrogen) atoms. The van der Waals surface area contributed by atoms with E-state index in [4.69, 9.17) is 4.42 Å². The Kier molecular flexibility index (Phi) is 2.71. The number of nitrogens with one attached hydrogen (secondary N) is 4. The summed E-state index contributed by atoms with van der Waals surface area (Å²) in [6.07, 6.45) is 0. The molecule has 2 aromatic rings. The molecule has 0 aliphatic carbocycles. The van der Waals surface area contributed by atoms with Crippen molar-refractivity contribution in [3.8, 4) is 0 Å². The molecule has 0 saturated carbocycles. The van der Waals surface area contributed by atoms with Crippen LogP contribution >= 0.6 is 0 Å². The molecule has 0 bridgehead atoms. The van der Waals surface area contributed by atoms with E-state index in [2.05, 4.69) is 21.3 Å². The molecule has 2 atom stereocenters. The van der Waals surface area contributed by atoms with E-state index >= 15 is 0 Å². The number of imide groups is 2. The summed E-state index contributed by atoms with van der Waals surface area (Å²) in [4.78, 5) is 46.4. The smallest absolute Gasteiger partial charge is 0.322 e. The van der Waals surface area contributed by atoms with Gasteiger partial charge in [0, 0.05) is 5.39 Å². The van der Waals surface area contributed by atoms with Crippen molar-refractivity contribution in [2.75, 3.05) is 0 Å². The third-order valence-electron chi connectivity index (χ3n) is 4.22. The molecule has 3 heterocycles. The number of rotatable bonds is 2. The molecular formula is C15H12N4O5. The lowest BCUT2D eigenvalue weighted by atomic mass is 9.91. The van der Waals surface area contributed by atoms with Crippen LogP contribution in [0.1, 0.15) is 24.3 Å². The highest BCUT2D eigenvalue weighted by atomic mass is 16.3. The van der Waals surface area contributed by atoms with Crippen molar-refractivity contribution < 1.29 is 23.6 Å². The second-order valence-corrected chi connectivity index (χ2v) is 5.83. The third kappa shape index (κ3) is 1.94. The van der Waals surface area contributed by atoms with Crippen LogP contribution in [0.3, 0.4) is 0 Å². The van der Waals surface area contributed by atoms with Gasteiger partial charge >= 0.3 is 12.1 Å². The van der Waals surface area contributed by atoms with Gasteiger partial charge in [0.25, 0.3) is 11.8 Å². The maximum absolute atomic E-state index is 12.0. The number of hydrogen-bond donors (Lipinski definition) is 4. The van der Waals surface area contributed by atoms with Crippen LogP contribution in [0.2, 0.25) is 0 Å². The summed E-state index contributed by atoms with van der Waals surface area (Å²) < 4.78 is 5.61. The first kappa shape index (κ1) is 14.2. The Morgan fingerprint density at radius 3 is 2.46 bits per heavy atom. The van der Waals surface area contributed by atoms with Gasteiger partial charge in [0.1, 0.15) is 16.9 Å². The fourth-order valence-corrected chi connectivity index (χ4v) is 2.88. The van der Waals surface area contributed by atoms with E-state index < -0.39 is 35.5 Å². The molecule has 2 aliphatic rings. The van der Waals surface area contributed by atoms with Crippen LogP contribution in [-0.4, -0.2) is 23.9 Å². The Morgan fingerprint density at radius 1 is 1.04 bits per heavy atom. The highest BCUT2D eigenvalue weighted by Gasteiger charge is 2.43. The van der Waals surface area contributed by atoms with Gasteiger partial charge in [0.15, 0.2) is 6.04 Å². The number of amides is 6. The van der Waals surface area contributed by atoms with Crippen molar-refractivity contribution in [1.29, 1.82) is 0 Å². The minimum atomic E-state index is -1.18. The Bertz CT molecular complexity index is 933. The summed E-state index contributed by atoms with van der Waals surface area (Å²) in [5, 5.41) is 10.0. The summed E-state index contributed by atoms with van der Waals surface area (Å²) in [5.41, 5.74) is -0.108. The van der Waals surface area contributed by atoms with Gasteiger partial charge in [-0.05, 0) is 30.7 Å². The Labute approximate surface area is 134 Å². The molecule has 1 aromatic heterocycles. The molecule has 9 heteroatoms. The van der Waals surface area contributed by atoms with Gasteiger partial charge in [-0.25, -0.2) is 9.59 Å². The molecule has 9 nitrogen and oxygen atoms in total. The fraction of sp³-hybridized carbons (Fsp3) is 0.200. The molecule has 1 aromatic carbocycles. The third-order valence-corrected chi connectivity index (χ3v) is 4.22. The van der Waals surface area contributed by atoms with Gasteiger partial charge < -0.3 is 15.1 Å². The SMILES string of the molecule is CC1(c2ccc3oc(C4NC(=O)NC4=O)cc3c2)NC(=O)NC1=O. The normalized spacial score (nSPS) is 26.3. The van der Waals surface area contributed by atoms with Crippen LogP contribution in [-0.2, 0) is 15.1 Å². The molecule has 4 rings (SSSR count). The average Bonchev–Trinajstić information content (AvgIpc) is 3.15. The summed E-state index contributed by atoms with van der Waals surface area (Å²) in [7, 11) is 0. The van der Waals surface area contributed by atoms with Crippen molar-refractivity contribution >= 4 is 34.8 Å². The zero-order valence-corrected chi connectivity index (χ0v) is 12.4. The van der Waals surface area contributed by atoms with Gasteiger partial charge in [-0.15, -0.1) is 0 Å². The largest absolute Gasteiger partial charge is 0.458 e. The van der Waals surface area contributed by atoms with Gasteiger partial charge in [-0.1, -0.05) is 6.07 Å². The second kappa shape index (κ2) is 4.57. The van der Waals surface area contributed by atoms with Crippen LogP contribution in [0.5, 0.6) is 0 Å². The Hall–Kier alpha value is -3.36. The van der Waals surface area contributed by atoms with Crippen LogP contribution in [0.25, 0.3) is 11.0 Å².